The van der Waals surface area contributed by atoms with E-state index in [0.29, 0.717) is 0 Å². The lowest BCUT2D eigenvalue weighted by Gasteiger charge is -2.19. The second-order valence-corrected chi connectivity index (χ2v) is 5.95. The third-order valence-corrected chi connectivity index (χ3v) is 4.31. The molecule has 0 fully saturated rings. The second kappa shape index (κ2) is 6.60. The number of aliphatic carboxylic acids is 1. The summed E-state index contributed by atoms with van der Waals surface area (Å²) in [6.07, 6.45) is -3.10. The fourth-order valence-electron chi connectivity index (χ4n) is 2.34. The van der Waals surface area contributed by atoms with E-state index in [1.807, 2.05) is 0 Å². The number of benzene rings is 1. The number of hydrogen-bond donors (Lipinski definition) is 1. The number of halogens is 3. The fraction of sp³-hybridized carbons (Fsp3) is 0.267. The molecule has 1 unspecified atom stereocenters. The highest BCUT2D eigenvalue weighted by Gasteiger charge is 2.32. The largest absolute Gasteiger partial charge is 0.477 e. The predicted octanol–water partition coefficient (Wildman–Crippen LogP) is 2.66. The van der Waals surface area contributed by atoms with Crippen molar-refractivity contribution in [3.63, 3.8) is 0 Å². The molecule has 0 radical (unpaired) electrons. The van der Waals surface area contributed by atoms with Gasteiger partial charge in [-0.25, -0.2) is 9.79 Å². The summed E-state index contributed by atoms with van der Waals surface area (Å²) in [6, 6.07) is 3.89. The Labute approximate surface area is 136 Å². The van der Waals surface area contributed by atoms with E-state index >= 15 is 0 Å². The van der Waals surface area contributed by atoms with Crippen molar-refractivity contribution in [3.05, 3.63) is 41.5 Å². The van der Waals surface area contributed by atoms with Gasteiger partial charge in [-0.2, -0.15) is 21.6 Å². The van der Waals surface area contributed by atoms with E-state index in [4.69, 9.17) is 0 Å². The van der Waals surface area contributed by atoms with Crippen LogP contribution >= 0.6 is 0 Å². The van der Waals surface area contributed by atoms with Crippen molar-refractivity contribution in [2.75, 3.05) is 0 Å². The quantitative estimate of drug-likeness (QED) is 0.841. The van der Waals surface area contributed by atoms with Gasteiger partial charge in [-0.15, -0.1) is 0 Å². The van der Waals surface area contributed by atoms with Gasteiger partial charge < -0.3 is 5.11 Å². The van der Waals surface area contributed by atoms with Crippen LogP contribution in [0.2, 0.25) is 0 Å². The van der Waals surface area contributed by atoms with Crippen molar-refractivity contribution in [2.45, 2.75) is 19.5 Å². The van der Waals surface area contributed by atoms with E-state index in [0.717, 1.165) is 24.3 Å². The highest BCUT2D eigenvalue weighted by atomic mass is 32.2. The van der Waals surface area contributed by atoms with Crippen LogP contribution in [0, 0.1) is 5.92 Å². The summed E-state index contributed by atoms with van der Waals surface area (Å²) in [7, 11) is -2.67. The molecular weight excluding hydrogens is 347 g/mol. The van der Waals surface area contributed by atoms with Gasteiger partial charge in [-0.05, 0) is 24.6 Å². The maximum absolute atomic E-state index is 12.6. The molecule has 0 spiro atoms. The highest BCUT2D eigenvalue weighted by molar-refractivity contribution is 7.73. The van der Waals surface area contributed by atoms with Crippen LogP contribution in [0.5, 0.6) is 0 Å². The summed E-state index contributed by atoms with van der Waals surface area (Å²) in [4.78, 5) is 15.1. The summed E-state index contributed by atoms with van der Waals surface area (Å²) >= 11 is 0. The molecule has 0 amide bonds. The van der Waals surface area contributed by atoms with Crippen molar-refractivity contribution >= 4 is 32.5 Å². The predicted molar refractivity (Wildman–Crippen MR) is 82.2 cm³/mol. The van der Waals surface area contributed by atoms with Crippen LogP contribution in [0.15, 0.2) is 35.3 Å². The van der Waals surface area contributed by atoms with Gasteiger partial charge in [0.25, 0.3) is 0 Å². The summed E-state index contributed by atoms with van der Waals surface area (Å²) in [5.74, 6) is -2.26. The zero-order chi connectivity index (χ0) is 18.1. The van der Waals surface area contributed by atoms with Gasteiger partial charge in [0.2, 0.25) is 10.3 Å². The topological polar surface area (TPSA) is 83.8 Å². The van der Waals surface area contributed by atoms with E-state index < -0.39 is 33.9 Å². The van der Waals surface area contributed by atoms with Gasteiger partial charge in [0.15, 0.2) is 0 Å². The number of alkyl halides is 3. The lowest BCUT2D eigenvalue weighted by Crippen LogP contribution is -2.32. The van der Waals surface area contributed by atoms with E-state index in [9.17, 15) is 31.5 Å². The lowest BCUT2D eigenvalue weighted by atomic mass is 9.92. The van der Waals surface area contributed by atoms with Crippen LogP contribution in [0.25, 0.3) is 5.70 Å². The smallest absolute Gasteiger partial charge is 0.416 e. The Morgan fingerprint density at radius 3 is 2.25 bits per heavy atom. The first-order valence-electron chi connectivity index (χ1n) is 6.82. The SMILES string of the molecule is CCC1C(C(=O)O)=NC(c2ccc(C(F)(F)F)cc2)=CC1=S(=O)=O. The third kappa shape index (κ3) is 3.56. The van der Waals surface area contributed by atoms with Crippen LogP contribution in [-0.2, 0) is 21.3 Å². The molecule has 128 valence electrons. The van der Waals surface area contributed by atoms with Crippen molar-refractivity contribution in [1.29, 1.82) is 0 Å². The Bertz CT molecular complexity index is 857. The number of aliphatic imine (C=N–C) groups is 1. The van der Waals surface area contributed by atoms with Crippen molar-refractivity contribution in [1.82, 2.24) is 0 Å². The monoisotopic (exact) mass is 359 g/mol. The van der Waals surface area contributed by atoms with E-state index in [1.165, 1.54) is 6.08 Å². The summed E-state index contributed by atoms with van der Waals surface area (Å²) < 4.78 is 60.5. The van der Waals surface area contributed by atoms with Crippen molar-refractivity contribution in [3.8, 4) is 0 Å². The molecule has 1 aliphatic heterocycles. The number of hydrogen-bond acceptors (Lipinski definition) is 4. The average Bonchev–Trinajstić information content (AvgIpc) is 2.52. The van der Waals surface area contributed by atoms with Crippen molar-refractivity contribution < 1.29 is 31.5 Å². The third-order valence-electron chi connectivity index (χ3n) is 3.52. The molecule has 1 atom stereocenters. The second-order valence-electron chi connectivity index (χ2n) is 5.00. The molecule has 0 bridgehead atoms. The molecule has 1 heterocycles. The fourth-order valence-corrected chi connectivity index (χ4v) is 3.06. The number of rotatable bonds is 3. The minimum atomic E-state index is -4.50. The molecule has 0 saturated heterocycles. The molecule has 1 aromatic carbocycles. The van der Waals surface area contributed by atoms with Gasteiger partial charge in [0.1, 0.15) is 5.71 Å². The number of carboxylic acid groups (broad SMARTS) is 1. The van der Waals surface area contributed by atoms with Gasteiger partial charge in [-0.1, -0.05) is 19.1 Å². The number of nitrogens with zero attached hydrogens (tertiary/aromatic N) is 1. The van der Waals surface area contributed by atoms with Crippen LogP contribution in [0.3, 0.4) is 0 Å². The summed E-state index contributed by atoms with van der Waals surface area (Å²) in [5.41, 5.74) is -1.04. The molecule has 1 aliphatic rings. The van der Waals surface area contributed by atoms with Crippen LogP contribution in [0.1, 0.15) is 24.5 Å². The highest BCUT2D eigenvalue weighted by Crippen LogP contribution is 2.31. The first-order chi connectivity index (χ1) is 11.1. The van der Waals surface area contributed by atoms with Gasteiger partial charge >= 0.3 is 12.1 Å². The molecule has 1 aromatic rings. The summed E-state index contributed by atoms with van der Waals surface area (Å²) in [6.45, 7) is 1.62. The molecule has 0 saturated carbocycles. The maximum Gasteiger partial charge on any atom is 0.416 e. The minimum Gasteiger partial charge on any atom is -0.477 e. The Morgan fingerprint density at radius 1 is 1.25 bits per heavy atom. The van der Waals surface area contributed by atoms with Crippen LogP contribution in [0.4, 0.5) is 13.2 Å². The lowest BCUT2D eigenvalue weighted by molar-refractivity contribution is -0.137. The van der Waals surface area contributed by atoms with Gasteiger partial charge in [0, 0.05) is 11.5 Å². The Morgan fingerprint density at radius 2 is 1.83 bits per heavy atom. The average molecular weight is 359 g/mol. The molecule has 5 nitrogen and oxygen atoms in total. The zero-order valence-corrected chi connectivity index (χ0v) is 13.1. The molecule has 2 rings (SSSR count). The first-order valence-corrected chi connectivity index (χ1v) is 7.90. The van der Waals surface area contributed by atoms with Gasteiger partial charge in [-0.3, -0.25) is 0 Å². The number of carboxylic acids is 1. The Kier molecular flexibility index (Phi) is 4.93. The normalized spacial score (nSPS) is 18.0. The minimum absolute atomic E-state index is 0.00924. The molecule has 1 N–H and O–H groups in total. The molecule has 24 heavy (non-hydrogen) atoms. The van der Waals surface area contributed by atoms with Crippen LogP contribution in [-0.4, -0.2) is 30.1 Å². The number of carbonyl (C=O) groups is 1. The Balaban J connectivity index is 2.57. The molecule has 0 aromatic heterocycles. The standard InChI is InChI=1S/C15H12F3NO4S/c1-2-10-12(24(22)23)7-11(19-13(10)14(20)21)8-3-5-9(6-4-8)15(16,17)18/h3-7,10H,2H2,1H3,(H,20,21). The molecule has 9 heteroatoms. The Hall–Kier alpha value is -2.42. The molecular formula is C15H12F3NO4S. The van der Waals surface area contributed by atoms with E-state index in [1.54, 1.807) is 6.92 Å². The number of allylic oxidation sites excluding steroid dienone is 1. The summed E-state index contributed by atoms with van der Waals surface area (Å²) in [5, 5.41) is 9.23. The zero-order valence-electron chi connectivity index (χ0n) is 12.3. The first kappa shape index (κ1) is 17.9. The van der Waals surface area contributed by atoms with E-state index in [-0.39, 0.29) is 28.3 Å². The van der Waals surface area contributed by atoms with Crippen LogP contribution < -0.4 is 0 Å². The molecule has 0 aliphatic carbocycles. The van der Waals surface area contributed by atoms with Crippen molar-refractivity contribution in [2.24, 2.45) is 10.9 Å². The maximum atomic E-state index is 12.6. The van der Waals surface area contributed by atoms with E-state index in [2.05, 4.69) is 4.99 Å². The van der Waals surface area contributed by atoms with Gasteiger partial charge in [0.05, 0.1) is 16.1 Å².